The highest BCUT2D eigenvalue weighted by Crippen LogP contribution is 2.61. The lowest BCUT2D eigenvalue weighted by molar-refractivity contribution is -0.745. The summed E-state index contributed by atoms with van der Waals surface area (Å²) in [5.74, 6) is -0.560. The fourth-order valence-electron chi connectivity index (χ4n) is 4.40. The summed E-state index contributed by atoms with van der Waals surface area (Å²) in [6.07, 6.45) is -4.20. The number of H-pyrrole nitrogens is 1. The highest BCUT2D eigenvalue weighted by molar-refractivity contribution is 8.76. The molecule has 50 heavy (non-hydrogen) atoms. The van der Waals surface area contributed by atoms with Crippen LogP contribution in [0.5, 0.6) is 0 Å². The van der Waals surface area contributed by atoms with Gasteiger partial charge in [-0.2, -0.15) is 4.31 Å². The predicted molar refractivity (Wildman–Crippen MR) is 177 cm³/mol. The van der Waals surface area contributed by atoms with Crippen molar-refractivity contribution in [1.29, 1.82) is 0 Å². The number of nitrogens with zero attached hydrogens (tertiary/aromatic N) is 2. The zero-order valence-electron chi connectivity index (χ0n) is 26.8. The maximum Gasteiger partial charge on any atom is 0.481 e. The standard InChI is InChI=1S/C23H39N6O16P3S2/c1-23(2,19(32)21(33)27-7-5-15(30)25-8-9-50-49-3)11-42-48(39,40)45-47(37,38)41-10-14-18(44-46(34,35)36)17(31)22(43-14)29-12-28-16-13(24)4-6-26-20(16)29/h4,6,12,14,17-19,22,31-32H,5,7-11H2,1-3H3,(H8,24,25,26,27,30,33,34,35,36,37,38,39,40)/p+1/t14-,17?,18+,19-,22-/m1/s1. The number of nitrogen functional groups attached to an aromatic ring is 1. The Morgan fingerprint density at radius 1 is 1.16 bits per heavy atom. The summed E-state index contributed by atoms with van der Waals surface area (Å²) >= 11 is 0. The average Bonchev–Trinajstić information content (AvgIpc) is 3.57. The van der Waals surface area contributed by atoms with E-state index in [1.807, 2.05) is 6.26 Å². The average molecular weight is 814 g/mol. The van der Waals surface area contributed by atoms with Gasteiger partial charge >= 0.3 is 29.1 Å². The molecule has 3 rings (SSSR count). The zero-order chi connectivity index (χ0) is 37.5. The SMILES string of the molecule is CSSCCNC(=O)CCNC(=O)[C@@H](O)C(C)(C)COP(=O)(O)OP(=O)(O)OC[C@H]1O[C@@H]([n+]2c[nH]c3c(N)ccnc32)C(O)[C@H]1OP(=O)(O)O. The van der Waals surface area contributed by atoms with Gasteiger partial charge in [-0.3, -0.25) is 28.1 Å². The maximum atomic E-state index is 12.6. The Morgan fingerprint density at radius 3 is 2.50 bits per heavy atom. The first-order chi connectivity index (χ1) is 23.2. The second-order valence-electron chi connectivity index (χ2n) is 11.3. The summed E-state index contributed by atoms with van der Waals surface area (Å²) in [5, 5.41) is 26.4. The number of aromatic amines is 1. The van der Waals surface area contributed by atoms with Gasteiger partial charge in [-0.15, -0.1) is 4.98 Å². The molecule has 0 spiro atoms. The minimum Gasteiger partial charge on any atom is -0.396 e. The molecule has 7 atom stereocenters. The number of phosphoric ester groups is 3. The molecule has 3 heterocycles. The van der Waals surface area contributed by atoms with Gasteiger partial charge in [0.2, 0.25) is 18.0 Å². The third-order valence-electron chi connectivity index (χ3n) is 6.87. The van der Waals surface area contributed by atoms with Crippen LogP contribution >= 0.6 is 45.1 Å². The summed E-state index contributed by atoms with van der Waals surface area (Å²) < 4.78 is 62.1. The molecule has 0 bridgehead atoms. The molecule has 0 saturated carbocycles. The van der Waals surface area contributed by atoms with Gasteiger partial charge < -0.3 is 50.9 Å². The van der Waals surface area contributed by atoms with Crippen LogP contribution in [0.4, 0.5) is 5.69 Å². The molecule has 27 heteroatoms. The van der Waals surface area contributed by atoms with E-state index in [-0.39, 0.29) is 30.2 Å². The van der Waals surface area contributed by atoms with Gasteiger partial charge in [-0.1, -0.05) is 35.4 Å². The number of fused-ring (bicyclic) bond motifs is 1. The van der Waals surface area contributed by atoms with E-state index in [0.717, 1.165) is 0 Å². The van der Waals surface area contributed by atoms with Gasteiger partial charge in [0.05, 0.1) is 18.9 Å². The van der Waals surface area contributed by atoms with E-state index >= 15 is 0 Å². The molecule has 2 amide bonds. The number of hydrogen-bond donors (Lipinski definition) is 10. The van der Waals surface area contributed by atoms with E-state index in [4.69, 9.17) is 19.5 Å². The van der Waals surface area contributed by atoms with Gasteiger partial charge in [-0.05, 0) is 12.3 Å². The lowest BCUT2D eigenvalue weighted by atomic mass is 9.87. The van der Waals surface area contributed by atoms with E-state index < -0.39 is 78.6 Å². The van der Waals surface area contributed by atoms with Crippen molar-refractivity contribution in [2.75, 3.05) is 44.0 Å². The first-order valence-electron chi connectivity index (χ1n) is 14.4. The number of rotatable bonds is 20. The Hall–Kier alpha value is -1.69. The van der Waals surface area contributed by atoms with Crippen molar-refractivity contribution in [3.63, 3.8) is 0 Å². The monoisotopic (exact) mass is 813 g/mol. The summed E-state index contributed by atoms with van der Waals surface area (Å²) in [7, 11) is -13.2. The van der Waals surface area contributed by atoms with Crippen LogP contribution < -0.4 is 20.9 Å². The molecular formula is C23H40N6O16P3S2+. The molecule has 1 aliphatic rings. The molecule has 0 aromatic carbocycles. The third kappa shape index (κ3) is 12.5. The lowest BCUT2D eigenvalue weighted by Crippen LogP contribution is -2.46. The number of carbonyl (C=O) groups excluding carboxylic acids is 2. The molecule has 1 saturated heterocycles. The number of imidazole rings is 1. The Morgan fingerprint density at radius 2 is 1.84 bits per heavy atom. The van der Waals surface area contributed by atoms with E-state index in [0.29, 0.717) is 17.8 Å². The van der Waals surface area contributed by atoms with Crippen LogP contribution in [-0.2, 0) is 45.9 Å². The Balaban J connectivity index is 1.57. The summed E-state index contributed by atoms with van der Waals surface area (Å²) in [5.41, 5.74) is 5.09. The molecule has 1 aliphatic heterocycles. The predicted octanol–water partition coefficient (Wildman–Crippen LogP) is -0.560. The minimum absolute atomic E-state index is 0.0727. The van der Waals surface area contributed by atoms with Gasteiger partial charge in [0, 0.05) is 30.7 Å². The van der Waals surface area contributed by atoms with E-state index in [2.05, 4.69) is 29.4 Å². The smallest absolute Gasteiger partial charge is 0.396 e. The van der Waals surface area contributed by atoms with E-state index in [9.17, 15) is 53.1 Å². The molecule has 2 aromatic rings. The number of phosphoric acid groups is 3. The number of amides is 2. The minimum atomic E-state index is -5.52. The number of aliphatic hydroxyl groups excluding tert-OH is 2. The summed E-state index contributed by atoms with van der Waals surface area (Å²) in [6.45, 7) is 0.930. The van der Waals surface area contributed by atoms with Crippen molar-refractivity contribution in [3.05, 3.63) is 18.6 Å². The first-order valence-corrected chi connectivity index (χ1v) is 21.7. The van der Waals surface area contributed by atoms with Crippen LogP contribution in [0.1, 0.15) is 26.5 Å². The molecule has 2 aromatic heterocycles. The quantitative estimate of drug-likeness (QED) is 0.0347. The maximum absolute atomic E-state index is 12.6. The van der Waals surface area contributed by atoms with Crippen molar-refractivity contribution in [2.24, 2.45) is 5.41 Å². The number of nitrogens with one attached hydrogen (secondary N) is 3. The lowest BCUT2D eigenvalue weighted by Gasteiger charge is -2.30. The summed E-state index contributed by atoms with van der Waals surface area (Å²) in [6, 6.07) is 1.48. The topological polar surface area (TPSA) is 336 Å². The third-order valence-corrected chi connectivity index (χ3v) is 11.8. The fraction of sp³-hybridized carbons (Fsp3) is 0.652. The van der Waals surface area contributed by atoms with Crippen LogP contribution in [0.25, 0.3) is 11.2 Å². The highest BCUT2D eigenvalue weighted by atomic mass is 33.1. The number of aliphatic hydroxyl groups is 2. The number of pyridine rings is 1. The Kier molecular flexibility index (Phi) is 15.3. The first kappa shape index (κ1) is 42.7. The van der Waals surface area contributed by atoms with Crippen molar-refractivity contribution < 1.29 is 80.3 Å². The van der Waals surface area contributed by atoms with Crippen LogP contribution in [0.3, 0.4) is 0 Å². The normalized spacial score (nSPS) is 22.9. The largest absolute Gasteiger partial charge is 0.481 e. The number of hydrogen-bond acceptors (Lipinski definition) is 16. The molecule has 11 N–H and O–H groups in total. The van der Waals surface area contributed by atoms with Crippen molar-refractivity contribution in [2.45, 2.75) is 50.9 Å². The van der Waals surface area contributed by atoms with E-state index in [1.165, 1.54) is 37.0 Å². The number of ether oxygens (including phenoxy) is 1. The molecule has 1 fully saturated rings. The van der Waals surface area contributed by atoms with Crippen LogP contribution in [0.2, 0.25) is 0 Å². The Labute approximate surface area is 293 Å². The molecule has 22 nitrogen and oxygen atoms in total. The van der Waals surface area contributed by atoms with Gasteiger partial charge in [-0.25, -0.2) is 18.3 Å². The van der Waals surface area contributed by atoms with Crippen molar-refractivity contribution >= 4 is 73.7 Å². The number of carbonyl (C=O) groups is 2. The summed E-state index contributed by atoms with van der Waals surface area (Å²) in [4.78, 5) is 70.3. The van der Waals surface area contributed by atoms with E-state index in [1.54, 1.807) is 21.6 Å². The second-order valence-corrected chi connectivity index (χ2v) is 18.2. The molecule has 3 unspecified atom stereocenters. The van der Waals surface area contributed by atoms with Gasteiger partial charge in [0.25, 0.3) is 0 Å². The van der Waals surface area contributed by atoms with Crippen molar-refractivity contribution in [1.82, 2.24) is 20.6 Å². The van der Waals surface area contributed by atoms with Gasteiger partial charge in [0.15, 0.2) is 11.8 Å². The van der Waals surface area contributed by atoms with Gasteiger partial charge in [0.1, 0.15) is 30.6 Å². The number of nitrogens with two attached hydrogens (primary N) is 1. The Bertz CT molecular complexity index is 1630. The fourth-order valence-corrected chi connectivity index (χ4v) is 8.33. The molecule has 284 valence electrons. The highest BCUT2D eigenvalue weighted by Gasteiger charge is 2.52. The van der Waals surface area contributed by atoms with Crippen molar-refractivity contribution in [3.8, 4) is 0 Å². The zero-order valence-corrected chi connectivity index (χ0v) is 31.1. The molecule has 0 radical (unpaired) electrons. The van der Waals surface area contributed by atoms with Crippen LogP contribution in [0, 0.1) is 5.41 Å². The molecule has 0 aliphatic carbocycles. The van der Waals surface area contributed by atoms with Crippen LogP contribution in [0.15, 0.2) is 18.6 Å². The molecular weight excluding hydrogens is 773 g/mol. The second kappa shape index (κ2) is 17.9. The number of aromatic nitrogens is 3. The van der Waals surface area contributed by atoms with Crippen LogP contribution in [-0.4, -0.2) is 114 Å². The number of anilines is 1.